The van der Waals surface area contributed by atoms with Gasteiger partial charge in [0.05, 0.1) is 16.4 Å². The Bertz CT molecular complexity index is 881. The van der Waals surface area contributed by atoms with Gasteiger partial charge in [-0.05, 0) is 37.3 Å². The molecular weight excluding hydrogens is 395 g/mol. The molecule has 3 rings (SSSR count). The lowest BCUT2D eigenvalue weighted by Gasteiger charge is -2.28. The molecular formula is C19H17Cl3N2O2. The average molecular weight is 412 g/mol. The predicted octanol–water partition coefficient (Wildman–Crippen LogP) is 5.15. The number of nitrogens with zero attached hydrogens (tertiary/aromatic N) is 2. The molecule has 1 aliphatic rings. The minimum absolute atomic E-state index is 0.469. The molecule has 0 bridgehead atoms. The fourth-order valence-electron chi connectivity index (χ4n) is 3.30. The first kappa shape index (κ1) is 18.9. The Hall–Kier alpha value is -1.88. The smallest absolute Gasteiger partial charge is 0.347 e. The fourth-order valence-corrected chi connectivity index (χ4v) is 3.92. The van der Waals surface area contributed by atoms with Crippen LogP contribution in [0, 0.1) is 0 Å². The molecule has 1 N–H and O–H groups in total. The molecule has 136 valence electrons. The van der Waals surface area contributed by atoms with E-state index >= 15 is 0 Å². The van der Waals surface area contributed by atoms with E-state index in [-0.39, 0.29) is 0 Å². The summed E-state index contributed by atoms with van der Waals surface area (Å²) in [6, 6.07) is 12.5. The first-order valence-electron chi connectivity index (χ1n) is 8.03. The van der Waals surface area contributed by atoms with Crippen LogP contribution in [0.4, 0.5) is 0 Å². The zero-order valence-corrected chi connectivity index (χ0v) is 16.5. The maximum Gasteiger partial charge on any atom is 0.347 e. The Morgan fingerprint density at radius 3 is 2.19 bits per heavy atom. The Morgan fingerprint density at radius 2 is 1.65 bits per heavy atom. The van der Waals surface area contributed by atoms with Gasteiger partial charge in [0.25, 0.3) is 0 Å². The number of hydrogen-bond donors (Lipinski definition) is 1. The molecule has 1 aliphatic heterocycles. The van der Waals surface area contributed by atoms with Gasteiger partial charge in [0, 0.05) is 34.8 Å². The summed E-state index contributed by atoms with van der Waals surface area (Å²) >= 11 is 18.5. The molecule has 0 spiro atoms. The van der Waals surface area contributed by atoms with Crippen molar-refractivity contribution < 1.29 is 9.90 Å². The van der Waals surface area contributed by atoms with Gasteiger partial charge < -0.3 is 14.9 Å². The van der Waals surface area contributed by atoms with Crippen molar-refractivity contribution in [1.29, 1.82) is 0 Å². The lowest BCUT2D eigenvalue weighted by Crippen LogP contribution is -2.44. The molecule has 2 aromatic carbocycles. The highest BCUT2D eigenvalue weighted by Crippen LogP contribution is 2.43. The van der Waals surface area contributed by atoms with Crippen molar-refractivity contribution in [2.24, 2.45) is 0 Å². The first-order valence-corrected chi connectivity index (χ1v) is 9.16. The Labute approximate surface area is 167 Å². The van der Waals surface area contributed by atoms with Crippen LogP contribution < -0.4 is 0 Å². The molecule has 0 aromatic heterocycles. The lowest BCUT2D eigenvalue weighted by atomic mass is 10.0. The molecule has 4 nitrogen and oxygen atoms in total. The summed E-state index contributed by atoms with van der Waals surface area (Å²) in [6.45, 7) is 2.42. The monoisotopic (exact) mass is 410 g/mol. The van der Waals surface area contributed by atoms with Gasteiger partial charge in [-0.15, -0.1) is 0 Å². The second kappa shape index (κ2) is 7.39. The van der Waals surface area contributed by atoms with Gasteiger partial charge in [-0.2, -0.15) is 0 Å². The molecule has 2 aromatic rings. The summed E-state index contributed by atoms with van der Waals surface area (Å²) in [5.74, 6) is -0.930. The highest BCUT2D eigenvalue weighted by Gasteiger charge is 2.41. The molecule has 7 heteroatoms. The van der Waals surface area contributed by atoms with Crippen LogP contribution in [-0.2, 0) is 4.79 Å². The van der Waals surface area contributed by atoms with Gasteiger partial charge in [-0.3, -0.25) is 0 Å². The van der Waals surface area contributed by atoms with Crippen LogP contribution in [-0.4, -0.2) is 40.6 Å². The van der Waals surface area contributed by atoms with E-state index in [2.05, 4.69) is 0 Å². The topological polar surface area (TPSA) is 43.8 Å². The van der Waals surface area contributed by atoms with Crippen LogP contribution in [0.5, 0.6) is 0 Å². The number of halogens is 3. The largest absolute Gasteiger partial charge is 0.478 e. The van der Waals surface area contributed by atoms with E-state index in [0.717, 1.165) is 22.5 Å². The van der Waals surface area contributed by atoms with Crippen molar-refractivity contribution in [3.05, 3.63) is 68.7 Å². The number of carboxylic acid groups (broad SMARTS) is 1. The maximum absolute atomic E-state index is 11.9. The summed E-state index contributed by atoms with van der Waals surface area (Å²) < 4.78 is 0. The lowest BCUT2D eigenvalue weighted by molar-refractivity contribution is -0.145. The molecule has 1 atom stereocenters. The molecule has 1 unspecified atom stereocenters. The molecule has 26 heavy (non-hydrogen) atoms. The van der Waals surface area contributed by atoms with Crippen LogP contribution in [0.3, 0.4) is 0 Å². The van der Waals surface area contributed by atoms with Crippen molar-refractivity contribution >= 4 is 52.2 Å². The van der Waals surface area contributed by atoms with Crippen molar-refractivity contribution in [3.8, 4) is 0 Å². The summed E-state index contributed by atoms with van der Waals surface area (Å²) in [7, 11) is 1.77. The minimum Gasteiger partial charge on any atom is -0.478 e. The Balaban J connectivity index is 2.28. The van der Waals surface area contributed by atoms with E-state index in [1.807, 2.05) is 30.0 Å². The summed E-state index contributed by atoms with van der Waals surface area (Å²) in [6.07, 6.45) is -0.826. The highest BCUT2D eigenvalue weighted by molar-refractivity contribution is 6.36. The number of carbonyl (C=O) groups is 1. The Kier molecular flexibility index (Phi) is 5.37. The number of aliphatic carboxylic acids is 1. The standard InChI is InChI=1S/C19H17Cl3N2O2/c1-3-24-17(14-9-8-13(21)10-15(14)22)16(23(2)18(24)19(25)26)11-4-6-12(20)7-5-11/h4-10,18H,3H2,1-2H3,(H,25,26). The van der Waals surface area contributed by atoms with Gasteiger partial charge in [0.2, 0.25) is 6.17 Å². The van der Waals surface area contributed by atoms with Gasteiger partial charge in [-0.1, -0.05) is 46.9 Å². The first-order chi connectivity index (χ1) is 12.3. The van der Waals surface area contributed by atoms with Gasteiger partial charge in [0.1, 0.15) is 0 Å². The van der Waals surface area contributed by atoms with E-state index in [0.29, 0.717) is 21.6 Å². The zero-order valence-electron chi connectivity index (χ0n) is 14.2. The number of carboxylic acids is 1. The highest BCUT2D eigenvalue weighted by atomic mass is 35.5. The molecule has 0 saturated carbocycles. The van der Waals surface area contributed by atoms with Crippen molar-refractivity contribution in [3.63, 3.8) is 0 Å². The predicted molar refractivity (Wildman–Crippen MR) is 106 cm³/mol. The quantitative estimate of drug-likeness (QED) is 0.755. The third kappa shape index (κ3) is 3.25. The number of likely N-dealkylation sites (N-methyl/N-ethyl adjacent to an activating group) is 2. The minimum atomic E-state index is -0.930. The van der Waals surface area contributed by atoms with Crippen LogP contribution in [0.2, 0.25) is 15.1 Å². The van der Waals surface area contributed by atoms with Crippen molar-refractivity contribution in [1.82, 2.24) is 9.80 Å². The van der Waals surface area contributed by atoms with E-state index in [1.54, 1.807) is 36.2 Å². The third-order valence-corrected chi connectivity index (χ3v) is 5.19. The molecule has 1 heterocycles. The maximum atomic E-state index is 11.9. The van der Waals surface area contributed by atoms with E-state index in [1.165, 1.54) is 0 Å². The fraction of sp³-hybridized carbons (Fsp3) is 0.211. The van der Waals surface area contributed by atoms with E-state index in [4.69, 9.17) is 34.8 Å². The van der Waals surface area contributed by atoms with Gasteiger partial charge in [0.15, 0.2) is 0 Å². The van der Waals surface area contributed by atoms with E-state index < -0.39 is 12.1 Å². The molecule has 0 amide bonds. The van der Waals surface area contributed by atoms with Gasteiger partial charge in [-0.25, -0.2) is 4.79 Å². The van der Waals surface area contributed by atoms with Gasteiger partial charge >= 0.3 is 5.97 Å². The Morgan fingerprint density at radius 1 is 1.04 bits per heavy atom. The molecule has 0 saturated heterocycles. The number of benzene rings is 2. The molecule has 0 radical (unpaired) electrons. The van der Waals surface area contributed by atoms with Crippen molar-refractivity contribution in [2.45, 2.75) is 13.1 Å². The SMILES string of the molecule is CCN1C(c2ccc(Cl)cc2Cl)=C(c2ccc(Cl)cc2)N(C)C1C(=O)O. The summed E-state index contributed by atoms with van der Waals surface area (Å²) in [4.78, 5) is 15.5. The number of hydrogen-bond acceptors (Lipinski definition) is 3. The second-order valence-electron chi connectivity index (χ2n) is 5.94. The summed E-state index contributed by atoms with van der Waals surface area (Å²) in [5, 5.41) is 11.4. The van der Waals surface area contributed by atoms with Crippen LogP contribution in [0.25, 0.3) is 11.4 Å². The number of rotatable bonds is 4. The zero-order chi connectivity index (χ0) is 19.0. The molecule has 0 fully saturated rings. The van der Waals surface area contributed by atoms with Crippen LogP contribution in [0.15, 0.2) is 42.5 Å². The van der Waals surface area contributed by atoms with Crippen LogP contribution in [0.1, 0.15) is 18.1 Å². The normalized spacial score (nSPS) is 17.2. The average Bonchev–Trinajstić information content (AvgIpc) is 2.88. The van der Waals surface area contributed by atoms with Crippen LogP contribution >= 0.6 is 34.8 Å². The molecule has 0 aliphatic carbocycles. The second-order valence-corrected chi connectivity index (χ2v) is 7.22. The van der Waals surface area contributed by atoms with E-state index in [9.17, 15) is 9.90 Å². The summed E-state index contributed by atoms with van der Waals surface area (Å²) in [5.41, 5.74) is 3.13. The third-order valence-electron chi connectivity index (χ3n) is 4.39. The van der Waals surface area contributed by atoms with Crippen molar-refractivity contribution in [2.75, 3.05) is 13.6 Å².